The van der Waals surface area contributed by atoms with E-state index in [9.17, 15) is 0 Å². The van der Waals surface area contributed by atoms with Gasteiger partial charge in [-0.05, 0) is 41.3 Å². The molecule has 0 aliphatic carbocycles. The van der Waals surface area contributed by atoms with Gasteiger partial charge in [-0.3, -0.25) is 0 Å². The number of nitrogens with one attached hydrogen (secondary N) is 1. The SMILES string of the molecule is CNc1ccc(N(C)Cc2ccc(C(C)C)cc2)cc1. The van der Waals surface area contributed by atoms with Gasteiger partial charge in [0, 0.05) is 32.0 Å². The van der Waals surface area contributed by atoms with Crippen LogP contribution in [0.1, 0.15) is 30.9 Å². The van der Waals surface area contributed by atoms with Crippen LogP contribution in [0.5, 0.6) is 0 Å². The Hall–Kier alpha value is -1.96. The normalized spacial score (nSPS) is 10.7. The van der Waals surface area contributed by atoms with Gasteiger partial charge in [0.25, 0.3) is 0 Å². The van der Waals surface area contributed by atoms with Crippen LogP contribution in [0.25, 0.3) is 0 Å². The lowest BCUT2D eigenvalue weighted by Crippen LogP contribution is -2.16. The minimum absolute atomic E-state index is 0.593. The molecular formula is C18H24N2. The van der Waals surface area contributed by atoms with Crippen molar-refractivity contribution in [2.75, 3.05) is 24.3 Å². The fourth-order valence-electron chi connectivity index (χ4n) is 2.26. The summed E-state index contributed by atoms with van der Waals surface area (Å²) in [6.45, 7) is 5.38. The Morgan fingerprint density at radius 2 is 1.55 bits per heavy atom. The van der Waals surface area contributed by atoms with Crippen molar-refractivity contribution in [3.63, 3.8) is 0 Å². The lowest BCUT2D eigenvalue weighted by atomic mass is 10.0. The van der Waals surface area contributed by atoms with Crippen LogP contribution in [0.2, 0.25) is 0 Å². The molecule has 106 valence electrons. The molecular weight excluding hydrogens is 244 g/mol. The number of benzene rings is 2. The molecule has 0 fully saturated rings. The standard InChI is InChI=1S/C18H24N2/c1-14(2)16-7-5-15(6-8-16)13-20(4)18-11-9-17(19-3)10-12-18/h5-12,14,19H,13H2,1-4H3. The molecule has 2 heteroatoms. The van der Waals surface area contributed by atoms with E-state index in [0.29, 0.717) is 5.92 Å². The van der Waals surface area contributed by atoms with E-state index in [1.165, 1.54) is 16.8 Å². The van der Waals surface area contributed by atoms with Crippen LogP contribution in [0, 0.1) is 0 Å². The molecule has 0 heterocycles. The molecule has 0 saturated heterocycles. The van der Waals surface area contributed by atoms with E-state index in [2.05, 4.69) is 79.6 Å². The molecule has 1 N–H and O–H groups in total. The van der Waals surface area contributed by atoms with E-state index in [4.69, 9.17) is 0 Å². The fraction of sp³-hybridized carbons (Fsp3) is 0.333. The first-order chi connectivity index (χ1) is 9.60. The lowest BCUT2D eigenvalue weighted by molar-refractivity contribution is 0.861. The largest absolute Gasteiger partial charge is 0.388 e. The molecule has 2 rings (SSSR count). The maximum Gasteiger partial charge on any atom is 0.0426 e. The van der Waals surface area contributed by atoms with Crippen molar-refractivity contribution in [3.8, 4) is 0 Å². The van der Waals surface area contributed by atoms with Crippen molar-refractivity contribution in [2.24, 2.45) is 0 Å². The molecule has 20 heavy (non-hydrogen) atoms. The predicted molar refractivity (Wildman–Crippen MR) is 88.6 cm³/mol. The Balaban J connectivity index is 2.04. The average Bonchev–Trinajstić information content (AvgIpc) is 2.48. The first-order valence-corrected chi connectivity index (χ1v) is 7.18. The van der Waals surface area contributed by atoms with Crippen molar-refractivity contribution in [2.45, 2.75) is 26.3 Å². The first-order valence-electron chi connectivity index (χ1n) is 7.18. The summed E-state index contributed by atoms with van der Waals surface area (Å²) in [6.07, 6.45) is 0. The second-order valence-corrected chi connectivity index (χ2v) is 5.55. The second-order valence-electron chi connectivity index (χ2n) is 5.55. The highest BCUT2D eigenvalue weighted by Crippen LogP contribution is 2.20. The maximum atomic E-state index is 3.14. The Bertz CT molecular complexity index is 526. The number of hydrogen-bond donors (Lipinski definition) is 1. The summed E-state index contributed by atoms with van der Waals surface area (Å²) in [6, 6.07) is 17.4. The van der Waals surface area contributed by atoms with Gasteiger partial charge in [-0.25, -0.2) is 0 Å². The van der Waals surface area contributed by atoms with Gasteiger partial charge in [0.05, 0.1) is 0 Å². The number of hydrogen-bond acceptors (Lipinski definition) is 2. The summed E-state index contributed by atoms with van der Waals surface area (Å²) in [4.78, 5) is 2.27. The number of nitrogens with zero attached hydrogens (tertiary/aromatic N) is 1. The van der Waals surface area contributed by atoms with E-state index >= 15 is 0 Å². The minimum atomic E-state index is 0.593. The summed E-state index contributed by atoms with van der Waals surface area (Å²) in [7, 11) is 4.07. The van der Waals surface area contributed by atoms with E-state index in [1.807, 2.05) is 7.05 Å². The van der Waals surface area contributed by atoms with Gasteiger partial charge in [-0.1, -0.05) is 38.1 Å². The summed E-state index contributed by atoms with van der Waals surface area (Å²) in [5.74, 6) is 0.593. The van der Waals surface area contributed by atoms with Gasteiger partial charge < -0.3 is 10.2 Å². The Morgan fingerprint density at radius 1 is 0.950 bits per heavy atom. The quantitative estimate of drug-likeness (QED) is 0.859. The maximum absolute atomic E-state index is 3.14. The molecule has 2 aromatic carbocycles. The summed E-state index contributed by atoms with van der Waals surface area (Å²) < 4.78 is 0. The summed E-state index contributed by atoms with van der Waals surface area (Å²) in [5.41, 5.74) is 5.12. The molecule has 2 aromatic rings. The molecule has 0 aromatic heterocycles. The molecule has 0 unspecified atom stereocenters. The van der Waals surface area contributed by atoms with Crippen LogP contribution < -0.4 is 10.2 Å². The summed E-state index contributed by atoms with van der Waals surface area (Å²) in [5, 5.41) is 3.14. The molecule has 0 radical (unpaired) electrons. The van der Waals surface area contributed by atoms with E-state index in [-0.39, 0.29) is 0 Å². The van der Waals surface area contributed by atoms with E-state index < -0.39 is 0 Å². The smallest absolute Gasteiger partial charge is 0.0426 e. The molecule has 2 nitrogen and oxygen atoms in total. The predicted octanol–water partition coefficient (Wildman–Crippen LogP) is 4.49. The Kier molecular flexibility index (Phi) is 4.67. The molecule has 0 spiro atoms. The Morgan fingerprint density at radius 3 is 2.05 bits per heavy atom. The molecule has 0 amide bonds. The molecule has 0 aliphatic rings. The zero-order valence-electron chi connectivity index (χ0n) is 12.9. The van der Waals surface area contributed by atoms with E-state index in [1.54, 1.807) is 0 Å². The fourth-order valence-corrected chi connectivity index (χ4v) is 2.26. The van der Waals surface area contributed by atoms with Crippen LogP contribution in [0.15, 0.2) is 48.5 Å². The third-order valence-electron chi connectivity index (χ3n) is 3.66. The minimum Gasteiger partial charge on any atom is -0.388 e. The highest BCUT2D eigenvalue weighted by Gasteiger charge is 2.03. The molecule has 0 aliphatic heterocycles. The van der Waals surface area contributed by atoms with Gasteiger partial charge in [-0.2, -0.15) is 0 Å². The van der Waals surface area contributed by atoms with Crippen molar-refractivity contribution in [1.29, 1.82) is 0 Å². The van der Waals surface area contributed by atoms with Crippen molar-refractivity contribution < 1.29 is 0 Å². The van der Waals surface area contributed by atoms with Crippen LogP contribution in [-0.4, -0.2) is 14.1 Å². The van der Waals surface area contributed by atoms with Crippen molar-refractivity contribution in [1.82, 2.24) is 0 Å². The van der Waals surface area contributed by atoms with Crippen LogP contribution in [0.4, 0.5) is 11.4 Å². The Labute approximate surface area is 122 Å². The number of anilines is 2. The molecule has 0 saturated carbocycles. The summed E-state index contributed by atoms with van der Waals surface area (Å²) >= 11 is 0. The lowest BCUT2D eigenvalue weighted by Gasteiger charge is -2.20. The van der Waals surface area contributed by atoms with E-state index in [0.717, 1.165) is 12.2 Å². The second kappa shape index (κ2) is 6.47. The van der Waals surface area contributed by atoms with Gasteiger partial charge in [0.2, 0.25) is 0 Å². The van der Waals surface area contributed by atoms with Gasteiger partial charge in [0.15, 0.2) is 0 Å². The highest BCUT2D eigenvalue weighted by molar-refractivity contribution is 5.54. The zero-order valence-corrected chi connectivity index (χ0v) is 12.9. The van der Waals surface area contributed by atoms with Gasteiger partial charge in [0.1, 0.15) is 0 Å². The first kappa shape index (κ1) is 14.4. The third-order valence-corrected chi connectivity index (χ3v) is 3.66. The van der Waals surface area contributed by atoms with Crippen LogP contribution in [-0.2, 0) is 6.54 Å². The molecule has 0 bridgehead atoms. The number of rotatable bonds is 5. The van der Waals surface area contributed by atoms with Gasteiger partial charge >= 0.3 is 0 Å². The monoisotopic (exact) mass is 268 g/mol. The van der Waals surface area contributed by atoms with Gasteiger partial charge in [-0.15, -0.1) is 0 Å². The topological polar surface area (TPSA) is 15.3 Å². The van der Waals surface area contributed by atoms with Crippen molar-refractivity contribution >= 4 is 11.4 Å². The highest BCUT2D eigenvalue weighted by atomic mass is 15.1. The average molecular weight is 268 g/mol. The van der Waals surface area contributed by atoms with Crippen LogP contribution >= 0.6 is 0 Å². The third kappa shape index (κ3) is 3.53. The molecule has 0 atom stereocenters. The van der Waals surface area contributed by atoms with Crippen LogP contribution in [0.3, 0.4) is 0 Å². The van der Waals surface area contributed by atoms with Crippen molar-refractivity contribution in [3.05, 3.63) is 59.7 Å². The zero-order chi connectivity index (χ0) is 14.5.